The van der Waals surface area contributed by atoms with Crippen LogP contribution in [-0.2, 0) is 0 Å². The van der Waals surface area contributed by atoms with Crippen molar-refractivity contribution in [3.8, 4) is 23.0 Å². The molecule has 0 atom stereocenters. The van der Waals surface area contributed by atoms with Crippen molar-refractivity contribution in [2.75, 3.05) is 0 Å². The van der Waals surface area contributed by atoms with Gasteiger partial charge in [-0.1, -0.05) is 19.9 Å². The molecule has 0 bridgehead atoms. The van der Waals surface area contributed by atoms with Crippen molar-refractivity contribution in [1.29, 1.82) is 0 Å². The number of phenolic OH excluding ortho intramolecular Hbond substituents is 4. The topological polar surface area (TPSA) is 80.9 Å². The van der Waals surface area contributed by atoms with Gasteiger partial charge in [-0.25, -0.2) is 0 Å². The van der Waals surface area contributed by atoms with Crippen molar-refractivity contribution < 1.29 is 20.4 Å². The normalized spacial score (nSPS) is 10.0. The Bertz CT molecular complexity index is 556. The number of rotatable bonds is 1. The molecular formula is C16H20O4. The predicted molar refractivity (Wildman–Crippen MR) is 78.4 cm³/mol. The van der Waals surface area contributed by atoms with E-state index in [0.717, 1.165) is 5.56 Å². The van der Waals surface area contributed by atoms with Crippen LogP contribution in [0.2, 0.25) is 0 Å². The van der Waals surface area contributed by atoms with Gasteiger partial charge in [-0.05, 0) is 43.2 Å². The Kier molecular flexibility index (Phi) is 5.26. The van der Waals surface area contributed by atoms with Crippen LogP contribution in [0, 0.1) is 6.92 Å². The standard InChI is InChI=1S/C9H12O2.C7H8O2/c1-6(2)8-5-7(10)3-4-9(8)11;1-5-6(8)3-2-4-7(5)9/h3-6,10-11H,1-2H3;2-4,8-9H,1H3. The zero-order chi connectivity index (χ0) is 15.3. The molecule has 0 aromatic heterocycles. The van der Waals surface area contributed by atoms with E-state index in [1.165, 1.54) is 24.3 Å². The minimum atomic E-state index is 0.134. The first-order valence-corrected chi connectivity index (χ1v) is 6.32. The van der Waals surface area contributed by atoms with E-state index in [9.17, 15) is 5.11 Å². The van der Waals surface area contributed by atoms with E-state index in [-0.39, 0.29) is 28.9 Å². The van der Waals surface area contributed by atoms with Gasteiger partial charge in [0.15, 0.2) is 0 Å². The third-order valence-electron chi connectivity index (χ3n) is 2.91. The van der Waals surface area contributed by atoms with E-state index in [2.05, 4.69) is 0 Å². The molecule has 108 valence electrons. The summed E-state index contributed by atoms with van der Waals surface area (Å²) in [6, 6.07) is 9.23. The Morgan fingerprint density at radius 3 is 1.75 bits per heavy atom. The molecule has 0 aliphatic heterocycles. The van der Waals surface area contributed by atoms with Crippen molar-refractivity contribution in [3.63, 3.8) is 0 Å². The van der Waals surface area contributed by atoms with E-state index in [4.69, 9.17) is 15.3 Å². The van der Waals surface area contributed by atoms with Gasteiger partial charge < -0.3 is 20.4 Å². The Morgan fingerprint density at radius 1 is 0.800 bits per heavy atom. The number of benzene rings is 2. The quantitative estimate of drug-likeness (QED) is 0.600. The lowest BCUT2D eigenvalue weighted by molar-refractivity contribution is 0.443. The monoisotopic (exact) mass is 276 g/mol. The lowest BCUT2D eigenvalue weighted by Crippen LogP contribution is -1.86. The van der Waals surface area contributed by atoms with Crippen molar-refractivity contribution >= 4 is 0 Å². The van der Waals surface area contributed by atoms with E-state index in [0.29, 0.717) is 5.56 Å². The maximum Gasteiger partial charge on any atom is 0.122 e. The Hall–Kier alpha value is -2.36. The Labute approximate surface area is 118 Å². The predicted octanol–water partition coefficient (Wildman–Crippen LogP) is 3.63. The SMILES string of the molecule is CC(C)c1cc(O)ccc1O.Cc1c(O)cccc1O. The Morgan fingerprint density at radius 2 is 1.35 bits per heavy atom. The van der Waals surface area contributed by atoms with Gasteiger partial charge in [0.1, 0.15) is 23.0 Å². The average Bonchev–Trinajstić information content (AvgIpc) is 2.39. The van der Waals surface area contributed by atoms with Gasteiger partial charge in [0, 0.05) is 11.1 Å². The summed E-state index contributed by atoms with van der Waals surface area (Å²) in [5.74, 6) is 0.955. The van der Waals surface area contributed by atoms with Crippen LogP contribution in [0.3, 0.4) is 0 Å². The molecule has 0 saturated carbocycles. The summed E-state index contributed by atoms with van der Waals surface area (Å²) >= 11 is 0. The molecule has 4 heteroatoms. The van der Waals surface area contributed by atoms with E-state index >= 15 is 0 Å². The highest BCUT2D eigenvalue weighted by atomic mass is 16.3. The lowest BCUT2D eigenvalue weighted by Gasteiger charge is -2.07. The first-order valence-electron chi connectivity index (χ1n) is 6.32. The maximum absolute atomic E-state index is 9.29. The highest BCUT2D eigenvalue weighted by Crippen LogP contribution is 2.28. The summed E-state index contributed by atoms with van der Waals surface area (Å²) in [6.45, 7) is 5.59. The molecule has 0 fully saturated rings. The molecule has 0 heterocycles. The van der Waals surface area contributed by atoms with Gasteiger partial charge in [0.25, 0.3) is 0 Å². The van der Waals surface area contributed by atoms with Gasteiger partial charge in [0.2, 0.25) is 0 Å². The molecular weight excluding hydrogens is 256 g/mol. The molecule has 0 radical (unpaired) electrons. The van der Waals surface area contributed by atoms with Crippen LogP contribution in [0.25, 0.3) is 0 Å². The summed E-state index contributed by atoms with van der Waals surface area (Å²) in [5, 5.41) is 36.2. The average molecular weight is 276 g/mol. The van der Waals surface area contributed by atoms with Crippen LogP contribution in [0.15, 0.2) is 36.4 Å². The van der Waals surface area contributed by atoms with Crippen molar-refractivity contribution in [2.45, 2.75) is 26.7 Å². The van der Waals surface area contributed by atoms with Gasteiger partial charge in [-0.3, -0.25) is 0 Å². The fourth-order valence-electron chi connectivity index (χ4n) is 1.62. The highest BCUT2D eigenvalue weighted by molar-refractivity contribution is 5.41. The van der Waals surface area contributed by atoms with Gasteiger partial charge in [-0.2, -0.15) is 0 Å². The van der Waals surface area contributed by atoms with Gasteiger partial charge >= 0.3 is 0 Å². The fraction of sp³-hybridized carbons (Fsp3) is 0.250. The zero-order valence-corrected chi connectivity index (χ0v) is 11.8. The van der Waals surface area contributed by atoms with Crippen LogP contribution in [0.4, 0.5) is 0 Å². The van der Waals surface area contributed by atoms with Crippen LogP contribution in [-0.4, -0.2) is 20.4 Å². The first-order chi connectivity index (χ1) is 9.32. The molecule has 0 spiro atoms. The molecule has 0 aliphatic carbocycles. The smallest absolute Gasteiger partial charge is 0.122 e. The largest absolute Gasteiger partial charge is 0.508 e. The molecule has 2 rings (SSSR count). The second-order valence-corrected chi connectivity index (χ2v) is 4.82. The highest BCUT2D eigenvalue weighted by Gasteiger charge is 2.05. The Balaban J connectivity index is 0.000000204. The third-order valence-corrected chi connectivity index (χ3v) is 2.91. The van der Waals surface area contributed by atoms with E-state index in [1.807, 2.05) is 13.8 Å². The van der Waals surface area contributed by atoms with Crippen molar-refractivity contribution in [3.05, 3.63) is 47.5 Å². The van der Waals surface area contributed by atoms with Crippen molar-refractivity contribution in [2.24, 2.45) is 0 Å². The van der Waals surface area contributed by atoms with Crippen molar-refractivity contribution in [1.82, 2.24) is 0 Å². The molecule has 2 aromatic carbocycles. The molecule has 4 nitrogen and oxygen atoms in total. The van der Waals surface area contributed by atoms with E-state index < -0.39 is 0 Å². The number of aromatic hydroxyl groups is 4. The summed E-state index contributed by atoms with van der Waals surface area (Å²) < 4.78 is 0. The molecule has 20 heavy (non-hydrogen) atoms. The van der Waals surface area contributed by atoms with Crippen LogP contribution in [0.5, 0.6) is 23.0 Å². The fourth-order valence-corrected chi connectivity index (χ4v) is 1.62. The van der Waals surface area contributed by atoms with Crippen LogP contribution in [0.1, 0.15) is 30.9 Å². The zero-order valence-electron chi connectivity index (χ0n) is 11.8. The van der Waals surface area contributed by atoms with Crippen LogP contribution >= 0.6 is 0 Å². The summed E-state index contributed by atoms with van der Waals surface area (Å²) in [5.41, 5.74) is 1.31. The third kappa shape index (κ3) is 4.09. The van der Waals surface area contributed by atoms with E-state index in [1.54, 1.807) is 19.1 Å². The van der Waals surface area contributed by atoms with Crippen LogP contribution < -0.4 is 0 Å². The summed E-state index contributed by atoms with van der Waals surface area (Å²) in [4.78, 5) is 0. The number of phenols is 4. The minimum Gasteiger partial charge on any atom is -0.508 e. The molecule has 0 unspecified atom stereocenters. The second kappa shape index (κ2) is 6.70. The molecule has 0 saturated heterocycles. The second-order valence-electron chi connectivity index (χ2n) is 4.82. The number of hydrogen-bond acceptors (Lipinski definition) is 4. The number of hydrogen-bond donors (Lipinski definition) is 4. The first kappa shape index (κ1) is 15.7. The van der Waals surface area contributed by atoms with Gasteiger partial charge in [-0.15, -0.1) is 0 Å². The molecule has 2 aromatic rings. The molecule has 4 N–H and O–H groups in total. The summed E-state index contributed by atoms with van der Waals surface area (Å²) in [7, 11) is 0. The molecule has 0 aliphatic rings. The molecule has 0 amide bonds. The maximum atomic E-state index is 9.29. The van der Waals surface area contributed by atoms with Gasteiger partial charge in [0.05, 0.1) is 0 Å². The minimum absolute atomic E-state index is 0.134. The summed E-state index contributed by atoms with van der Waals surface area (Å²) in [6.07, 6.45) is 0. The lowest BCUT2D eigenvalue weighted by atomic mass is 10.0.